The second-order valence-electron chi connectivity index (χ2n) is 5.16. The summed E-state index contributed by atoms with van der Waals surface area (Å²) in [5.41, 5.74) is 7.42. The maximum absolute atomic E-state index is 12.1. The number of nitrogens with one attached hydrogen (secondary N) is 1. The molecule has 0 spiro atoms. The van der Waals surface area contributed by atoms with Crippen molar-refractivity contribution >= 4 is 17.2 Å². The van der Waals surface area contributed by atoms with Gasteiger partial charge in [0.25, 0.3) is 5.91 Å². The minimum absolute atomic E-state index is 0.108. The first-order valence-electron chi connectivity index (χ1n) is 6.72. The van der Waals surface area contributed by atoms with Crippen molar-refractivity contribution in [2.75, 3.05) is 6.54 Å². The summed E-state index contributed by atoms with van der Waals surface area (Å²) in [4.78, 5) is 16.3. The van der Waals surface area contributed by atoms with Crippen molar-refractivity contribution in [3.8, 4) is 0 Å². The Morgan fingerprint density at radius 3 is 2.70 bits per heavy atom. The molecular formula is C15H17N3OS. The topological polar surface area (TPSA) is 68.0 Å². The summed E-state index contributed by atoms with van der Waals surface area (Å²) in [5, 5.41) is 5.56. The lowest BCUT2D eigenvalue weighted by molar-refractivity contribution is 0.0945. The summed E-state index contributed by atoms with van der Waals surface area (Å²) >= 11 is 1.43. The Kier molecular flexibility index (Phi) is 3.54. The molecule has 1 aromatic carbocycles. The van der Waals surface area contributed by atoms with Crippen LogP contribution in [-0.2, 0) is 12.0 Å². The smallest absolute Gasteiger partial charge is 0.270 e. The molecule has 0 atom stereocenters. The quantitative estimate of drug-likeness (QED) is 0.884. The summed E-state index contributed by atoms with van der Waals surface area (Å²) in [6, 6.07) is 10.4. The number of nitrogens with zero attached hydrogens (tertiary/aromatic N) is 1. The Morgan fingerprint density at radius 1 is 1.35 bits per heavy atom. The summed E-state index contributed by atoms with van der Waals surface area (Å²) in [6.07, 6.45) is 2.25. The second kappa shape index (κ2) is 5.34. The van der Waals surface area contributed by atoms with Crippen molar-refractivity contribution in [2.45, 2.75) is 24.8 Å². The first kappa shape index (κ1) is 13.3. The molecule has 1 aromatic heterocycles. The van der Waals surface area contributed by atoms with E-state index in [-0.39, 0.29) is 11.3 Å². The first-order valence-corrected chi connectivity index (χ1v) is 7.60. The maximum Gasteiger partial charge on any atom is 0.270 e. The second-order valence-corrected chi connectivity index (χ2v) is 6.10. The van der Waals surface area contributed by atoms with Gasteiger partial charge in [-0.1, -0.05) is 30.3 Å². The van der Waals surface area contributed by atoms with Gasteiger partial charge in [0.1, 0.15) is 10.7 Å². The van der Waals surface area contributed by atoms with Crippen LogP contribution in [0.25, 0.3) is 0 Å². The predicted octanol–water partition coefficient (Wildman–Crippen LogP) is 2.06. The van der Waals surface area contributed by atoms with Crippen molar-refractivity contribution in [2.24, 2.45) is 5.73 Å². The normalized spacial score (nSPS) is 15.8. The number of rotatable bonds is 5. The average Bonchev–Trinajstić information content (AvgIpc) is 3.14. The van der Waals surface area contributed by atoms with Crippen molar-refractivity contribution in [1.82, 2.24) is 10.3 Å². The summed E-state index contributed by atoms with van der Waals surface area (Å²) in [7, 11) is 0. The molecule has 1 heterocycles. The average molecular weight is 287 g/mol. The number of amides is 1. The third kappa shape index (κ3) is 2.59. The largest absolute Gasteiger partial charge is 0.350 e. The summed E-state index contributed by atoms with van der Waals surface area (Å²) in [6.45, 7) is 1.05. The van der Waals surface area contributed by atoms with Gasteiger partial charge in [0.05, 0.1) is 0 Å². The Morgan fingerprint density at radius 2 is 2.10 bits per heavy atom. The van der Waals surface area contributed by atoms with Gasteiger partial charge in [-0.25, -0.2) is 4.98 Å². The first-order chi connectivity index (χ1) is 9.73. The molecule has 1 saturated carbocycles. The molecule has 0 aliphatic heterocycles. The zero-order chi connectivity index (χ0) is 14.0. The summed E-state index contributed by atoms with van der Waals surface area (Å²) in [5.74, 6) is -0.108. The van der Waals surface area contributed by atoms with E-state index < -0.39 is 0 Å². The van der Waals surface area contributed by atoms with Gasteiger partial charge >= 0.3 is 0 Å². The maximum atomic E-state index is 12.1. The van der Waals surface area contributed by atoms with Gasteiger partial charge in [-0.05, 0) is 18.4 Å². The van der Waals surface area contributed by atoms with E-state index in [9.17, 15) is 4.79 Å². The number of aromatic nitrogens is 1. The lowest BCUT2D eigenvalue weighted by atomic mass is 9.96. The third-order valence-corrected chi connectivity index (χ3v) is 4.66. The fourth-order valence-corrected chi connectivity index (χ4v) is 3.01. The van der Waals surface area contributed by atoms with Gasteiger partial charge in [-0.15, -0.1) is 11.3 Å². The molecule has 2 aromatic rings. The molecule has 1 amide bonds. The van der Waals surface area contributed by atoms with Crippen molar-refractivity contribution in [3.63, 3.8) is 0 Å². The van der Waals surface area contributed by atoms with Crippen LogP contribution in [0, 0.1) is 0 Å². The van der Waals surface area contributed by atoms with Crippen molar-refractivity contribution in [1.29, 1.82) is 0 Å². The van der Waals surface area contributed by atoms with Crippen molar-refractivity contribution < 1.29 is 4.79 Å². The molecular weight excluding hydrogens is 270 g/mol. The molecule has 3 N–H and O–H groups in total. The molecule has 5 heteroatoms. The molecule has 0 bridgehead atoms. The van der Waals surface area contributed by atoms with E-state index in [1.165, 1.54) is 16.9 Å². The van der Waals surface area contributed by atoms with Gasteiger partial charge in [0, 0.05) is 23.9 Å². The fourth-order valence-electron chi connectivity index (χ4n) is 2.36. The Labute approximate surface area is 122 Å². The molecule has 20 heavy (non-hydrogen) atoms. The van der Waals surface area contributed by atoms with Gasteiger partial charge in [0.15, 0.2) is 0 Å². The zero-order valence-electron chi connectivity index (χ0n) is 11.1. The molecule has 1 aliphatic rings. The Hall–Kier alpha value is -1.72. The predicted molar refractivity (Wildman–Crippen MR) is 79.7 cm³/mol. The SMILES string of the molecule is NCc1nc(C(=O)NCC2(c3ccccc3)CC2)cs1. The zero-order valence-corrected chi connectivity index (χ0v) is 12.0. The van der Waals surface area contributed by atoms with Gasteiger partial charge < -0.3 is 11.1 Å². The highest BCUT2D eigenvalue weighted by atomic mass is 32.1. The van der Waals surface area contributed by atoms with E-state index in [1.807, 2.05) is 18.2 Å². The molecule has 104 valence electrons. The number of carbonyl (C=O) groups is 1. The Balaban J connectivity index is 1.63. The summed E-state index contributed by atoms with van der Waals surface area (Å²) < 4.78 is 0. The highest BCUT2D eigenvalue weighted by Crippen LogP contribution is 2.47. The van der Waals surface area contributed by atoms with E-state index in [2.05, 4.69) is 22.4 Å². The number of hydrogen-bond acceptors (Lipinski definition) is 4. The van der Waals surface area contributed by atoms with Crippen LogP contribution < -0.4 is 11.1 Å². The molecule has 0 radical (unpaired) electrons. The van der Waals surface area contributed by atoms with Crippen LogP contribution in [0.2, 0.25) is 0 Å². The lowest BCUT2D eigenvalue weighted by Crippen LogP contribution is -2.32. The highest BCUT2D eigenvalue weighted by Gasteiger charge is 2.44. The van der Waals surface area contributed by atoms with Crippen LogP contribution in [0.1, 0.15) is 33.9 Å². The van der Waals surface area contributed by atoms with E-state index in [0.717, 1.165) is 17.8 Å². The third-order valence-electron chi connectivity index (χ3n) is 3.79. The van der Waals surface area contributed by atoms with Crippen LogP contribution in [0.4, 0.5) is 0 Å². The van der Waals surface area contributed by atoms with Crippen LogP contribution in [0.5, 0.6) is 0 Å². The molecule has 4 nitrogen and oxygen atoms in total. The molecule has 1 fully saturated rings. The Bertz CT molecular complexity index is 605. The minimum Gasteiger partial charge on any atom is -0.350 e. The molecule has 0 saturated heterocycles. The standard InChI is InChI=1S/C15H17N3OS/c16-8-13-18-12(9-20-13)14(19)17-10-15(6-7-15)11-4-2-1-3-5-11/h1-5,9H,6-8,10,16H2,(H,17,19). The van der Waals surface area contributed by atoms with Crippen molar-refractivity contribution in [3.05, 3.63) is 52.0 Å². The molecule has 3 rings (SSSR count). The van der Waals surface area contributed by atoms with E-state index in [4.69, 9.17) is 5.73 Å². The van der Waals surface area contributed by atoms with Crippen LogP contribution in [-0.4, -0.2) is 17.4 Å². The number of benzene rings is 1. The van der Waals surface area contributed by atoms with Gasteiger partial charge in [-0.3, -0.25) is 4.79 Å². The molecule has 1 aliphatic carbocycles. The van der Waals surface area contributed by atoms with E-state index in [1.54, 1.807) is 5.38 Å². The number of hydrogen-bond donors (Lipinski definition) is 2. The van der Waals surface area contributed by atoms with Crippen LogP contribution in [0.3, 0.4) is 0 Å². The van der Waals surface area contributed by atoms with E-state index in [0.29, 0.717) is 18.8 Å². The van der Waals surface area contributed by atoms with Crippen LogP contribution >= 0.6 is 11.3 Å². The number of thiazole rings is 1. The van der Waals surface area contributed by atoms with Gasteiger partial charge in [0.2, 0.25) is 0 Å². The highest BCUT2D eigenvalue weighted by molar-refractivity contribution is 7.09. The number of nitrogens with two attached hydrogens (primary N) is 1. The molecule has 0 unspecified atom stereocenters. The number of carbonyl (C=O) groups excluding carboxylic acids is 1. The fraction of sp³-hybridized carbons (Fsp3) is 0.333. The van der Waals surface area contributed by atoms with E-state index >= 15 is 0 Å². The van der Waals surface area contributed by atoms with Crippen LogP contribution in [0.15, 0.2) is 35.7 Å². The minimum atomic E-state index is -0.108. The lowest BCUT2D eigenvalue weighted by Gasteiger charge is -2.16. The van der Waals surface area contributed by atoms with Gasteiger partial charge in [-0.2, -0.15) is 0 Å². The monoisotopic (exact) mass is 287 g/mol.